The van der Waals surface area contributed by atoms with Crippen LogP contribution < -0.4 is 0 Å². The minimum Gasteiger partial charge on any atom is -0.256 e. The average molecular weight is 239 g/mol. The SMILES string of the molecule is C=C/C=C\c1cc(C)c2cccnc2c1C.CC. The number of aryl methyl sites for hydroxylation is 2. The highest BCUT2D eigenvalue weighted by Crippen LogP contribution is 2.24. The Morgan fingerprint density at radius 1 is 1.22 bits per heavy atom. The van der Waals surface area contributed by atoms with E-state index in [0.29, 0.717) is 0 Å². The number of fused-ring (bicyclic) bond motifs is 1. The monoisotopic (exact) mass is 239 g/mol. The third kappa shape index (κ3) is 2.86. The van der Waals surface area contributed by atoms with Crippen LogP contribution >= 0.6 is 0 Å². The van der Waals surface area contributed by atoms with E-state index in [2.05, 4.69) is 43.6 Å². The van der Waals surface area contributed by atoms with Crippen LogP contribution in [0.15, 0.2) is 43.1 Å². The summed E-state index contributed by atoms with van der Waals surface area (Å²) in [5.74, 6) is 0. The molecule has 0 bridgehead atoms. The van der Waals surface area contributed by atoms with E-state index in [-0.39, 0.29) is 0 Å². The molecule has 0 aliphatic carbocycles. The van der Waals surface area contributed by atoms with Crippen molar-refractivity contribution < 1.29 is 0 Å². The predicted molar refractivity (Wildman–Crippen MR) is 81.8 cm³/mol. The van der Waals surface area contributed by atoms with Crippen molar-refractivity contribution in [2.24, 2.45) is 0 Å². The molecule has 0 fully saturated rings. The summed E-state index contributed by atoms with van der Waals surface area (Å²) in [6.45, 7) is 11.9. The van der Waals surface area contributed by atoms with Crippen molar-refractivity contribution >= 4 is 17.0 Å². The topological polar surface area (TPSA) is 12.9 Å². The molecule has 1 aromatic carbocycles. The third-order valence-electron chi connectivity index (χ3n) is 2.80. The highest BCUT2D eigenvalue weighted by molar-refractivity contribution is 5.88. The molecule has 0 aliphatic heterocycles. The number of pyridine rings is 1. The van der Waals surface area contributed by atoms with Crippen LogP contribution in [0.3, 0.4) is 0 Å². The lowest BCUT2D eigenvalue weighted by molar-refractivity contribution is 1.34. The third-order valence-corrected chi connectivity index (χ3v) is 2.80. The first-order valence-corrected chi connectivity index (χ1v) is 6.38. The molecule has 0 atom stereocenters. The van der Waals surface area contributed by atoms with E-state index in [1.54, 1.807) is 6.08 Å². The second-order valence-electron chi connectivity index (χ2n) is 3.90. The van der Waals surface area contributed by atoms with Crippen molar-refractivity contribution in [2.75, 3.05) is 0 Å². The lowest BCUT2D eigenvalue weighted by Gasteiger charge is -2.08. The van der Waals surface area contributed by atoms with Gasteiger partial charge >= 0.3 is 0 Å². The minimum absolute atomic E-state index is 1.09. The lowest BCUT2D eigenvalue weighted by Crippen LogP contribution is -1.90. The summed E-state index contributed by atoms with van der Waals surface area (Å²) in [5.41, 5.74) is 4.78. The smallest absolute Gasteiger partial charge is 0.0739 e. The van der Waals surface area contributed by atoms with E-state index in [4.69, 9.17) is 0 Å². The highest BCUT2D eigenvalue weighted by Gasteiger charge is 2.04. The summed E-state index contributed by atoms with van der Waals surface area (Å²) in [6, 6.07) is 6.29. The van der Waals surface area contributed by atoms with Gasteiger partial charge < -0.3 is 0 Å². The van der Waals surface area contributed by atoms with Crippen LogP contribution in [0.4, 0.5) is 0 Å². The van der Waals surface area contributed by atoms with Gasteiger partial charge in [0, 0.05) is 11.6 Å². The number of aromatic nitrogens is 1. The van der Waals surface area contributed by atoms with Gasteiger partial charge in [-0.3, -0.25) is 4.98 Å². The second kappa shape index (κ2) is 6.75. The van der Waals surface area contributed by atoms with Gasteiger partial charge in [0.25, 0.3) is 0 Å². The molecule has 0 spiro atoms. The minimum atomic E-state index is 1.09. The van der Waals surface area contributed by atoms with Crippen molar-refractivity contribution in [2.45, 2.75) is 27.7 Å². The van der Waals surface area contributed by atoms with Crippen LogP contribution in [-0.4, -0.2) is 4.98 Å². The molecule has 1 heterocycles. The molecule has 0 radical (unpaired) electrons. The fourth-order valence-corrected chi connectivity index (χ4v) is 1.92. The van der Waals surface area contributed by atoms with Gasteiger partial charge in [0.05, 0.1) is 5.52 Å². The van der Waals surface area contributed by atoms with Gasteiger partial charge in [-0.2, -0.15) is 0 Å². The summed E-state index contributed by atoms with van der Waals surface area (Å²) in [5, 5.41) is 1.23. The maximum absolute atomic E-state index is 4.45. The van der Waals surface area contributed by atoms with E-state index < -0.39 is 0 Å². The molecule has 0 amide bonds. The van der Waals surface area contributed by atoms with Gasteiger partial charge in [0.15, 0.2) is 0 Å². The summed E-state index contributed by atoms with van der Waals surface area (Å²) in [7, 11) is 0. The fraction of sp³-hybridized carbons (Fsp3) is 0.235. The molecule has 1 aromatic heterocycles. The largest absolute Gasteiger partial charge is 0.256 e. The number of benzene rings is 1. The van der Waals surface area contributed by atoms with Gasteiger partial charge in [0.1, 0.15) is 0 Å². The van der Waals surface area contributed by atoms with Crippen LogP contribution in [0.5, 0.6) is 0 Å². The number of nitrogens with zero attached hydrogens (tertiary/aromatic N) is 1. The standard InChI is InChI=1S/C15H15N.C2H6/c1-4-5-7-13-10-11(2)14-8-6-9-16-15(14)12(13)3;1-2/h4-10H,1H2,2-3H3;1-2H3/b7-5-;. The van der Waals surface area contributed by atoms with Gasteiger partial charge in [-0.1, -0.05) is 50.8 Å². The van der Waals surface area contributed by atoms with Gasteiger partial charge in [-0.15, -0.1) is 0 Å². The van der Waals surface area contributed by atoms with Crippen molar-refractivity contribution in [3.8, 4) is 0 Å². The number of allylic oxidation sites excluding steroid dienone is 2. The maximum atomic E-state index is 4.45. The van der Waals surface area contributed by atoms with Crippen LogP contribution in [0, 0.1) is 13.8 Å². The lowest BCUT2D eigenvalue weighted by atomic mass is 9.99. The molecule has 0 saturated carbocycles. The molecule has 0 aliphatic rings. The van der Waals surface area contributed by atoms with E-state index in [9.17, 15) is 0 Å². The zero-order chi connectivity index (χ0) is 13.5. The Kier molecular flexibility index (Phi) is 5.31. The van der Waals surface area contributed by atoms with E-state index in [0.717, 1.165) is 5.52 Å². The molecule has 0 N–H and O–H groups in total. The zero-order valence-electron chi connectivity index (χ0n) is 11.7. The van der Waals surface area contributed by atoms with Crippen LogP contribution in [0.25, 0.3) is 17.0 Å². The Morgan fingerprint density at radius 2 is 1.94 bits per heavy atom. The first-order valence-electron chi connectivity index (χ1n) is 6.38. The van der Waals surface area contributed by atoms with Crippen LogP contribution in [-0.2, 0) is 0 Å². The quantitative estimate of drug-likeness (QED) is 0.666. The van der Waals surface area contributed by atoms with Crippen molar-refractivity contribution in [1.82, 2.24) is 4.98 Å². The number of hydrogen-bond donors (Lipinski definition) is 0. The Bertz CT molecular complexity index is 565. The van der Waals surface area contributed by atoms with Crippen molar-refractivity contribution in [3.05, 3.63) is 59.8 Å². The van der Waals surface area contributed by atoms with E-state index in [1.165, 1.54) is 22.1 Å². The summed E-state index contributed by atoms with van der Waals surface area (Å²) in [4.78, 5) is 4.45. The predicted octanol–water partition coefficient (Wildman–Crippen LogP) is 5.08. The molecule has 0 saturated heterocycles. The first kappa shape index (κ1) is 14.2. The van der Waals surface area contributed by atoms with E-state index in [1.807, 2.05) is 32.2 Å². The van der Waals surface area contributed by atoms with Crippen LogP contribution in [0.1, 0.15) is 30.5 Å². The first-order chi connectivity index (χ1) is 8.74. The Labute approximate surface area is 110 Å². The average Bonchev–Trinajstić information content (AvgIpc) is 2.43. The number of rotatable bonds is 2. The van der Waals surface area contributed by atoms with Gasteiger partial charge in [0.2, 0.25) is 0 Å². The van der Waals surface area contributed by atoms with Gasteiger partial charge in [-0.05, 0) is 36.6 Å². The molecule has 2 rings (SSSR count). The van der Waals surface area contributed by atoms with Gasteiger partial charge in [-0.25, -0.2) is 0 Å². The summed E-state index contributed by atoms with van der Waals surface area (Å²) >= 11 is 0. The maximum Gasteiger partial charge on any atom is 0.0739 e. The summed E-state index contributed by atoms with van der Waals surface area (Å²) < 4.78 is 0. The Balaban J connectivity index is 0.000000771. The molecular weight excluding hydrogens is 218 g/mol. The normalized spacial score (nSPS) is 10.2. The van der Waals surface area contributed by atoms with Crippen LogP contribution in [0.2, 0.25) is 0 Å². The molecular formula is C17H21N. The van der Waals surface area contributed by atoms with Crippen molar-refractivity contribution in [1.29, 1.82) is 0 Å². The fourth-order valence-electron chi connectivity index (χ4n) is 1.92. The molecule has 2 aromatic rings. The Morgan fingerprint density at radius 3 is 2.61 bits per heavy atom. The molecule has 1 heteroatoms. The molecule has 0 unspecified atom stereocenters. The van der Waals surface area contributed by atoms with E-state index >= 15 is 0 Å². The molecule has 1 nitrogen and oxygen atoms in total. The van der Waals surface area contributed by atoms with Crippen molar-refractivity contribution in [3.63, 3.8) is 0 Å². The Hall–Kier alpha value is -1.89. The highest BCUT2D eigenvalue weighted by atomic mass is 14.6. The second-order valence-corrected chi connectivity index (χ2v) is 3.90. The number of hydrogen-bond acceptors (Lipinski definition) is 1. The zero-order valence-corrected chi connectivity index (χ0v) is 11.7. The molecule has 18 heavy (non-hydrogen) atoms. The summed E-state index contributed by atoms with van der Waals surface area (Å²) in [6.07, 6.45) is 7.66. The molecule has 94 valence electrons.